The summed E-state index contributed by atoms with van der Waals surface area (Å²) >= 11 is 5.93. The van der Waals surface area contributed by atoms with E-state index in [0.717, 1.165) is 36.5 Å². The Labute approximate surface area is 155 Å². The number of phenols is 1. The molecule has 0 unspecified atom stereocenters. The molecule has 2 atom stereocenters. The summed E-state index contributed by atoms with van der Waals surface area (Å²) in [6, 6.07) is 6.71. The largest absolute Gasteiger partial charge is 0.507 e. The van der Waals surface area contributed by atoms with E-state index in [9.17, 15) is 10.2 Å². The lowest BCUT2D eigenvalue weighted by atomic mass is 9.92. The van der Waals surface area contributed by atoms with Crippen LogP contribution in [0.2, 0.25) is 5.02 Å². The molecule has 0 spiro atoms. The van der Waals surface area contributed by atoms with E-state index in [2.05, 4.69) is 20.5 Å². The number of fused-ring (bicyclic) bond motifs is 1. The van der Waals surface area contributed by atoms with Crippen molar-refractivity contribution in [3.05, 3.63) is 41.7 Å². The van der Waals surface area contributed by atoms with Crippen molar-refractivity contribution >= 4 is 28.2 Å². The van der Waals surface area contributed by atoms with Crippen molar-refractivity contribution in [1.29, 1.82) is 0 Å². The molecule has 0 saturated heterocycles. The molecule has 0 amide bonds. The molecule has 1 fully saturated rings. The smallest absolute Gasteiger partial charge is 0.158 e. The average Bonchev–Trinajstić information content (AvgIpc) is 2.64. The summed E-state index contributed by atoms with van der Waals surface area (Å²) in [5.74, 6) is 0.643. The van der Waals surface area contributed by atoms with Gasteiger partial charge in [0, 0.05) is 33.8 Å². The van der Waals surface area contributed by atoms with E-state index in [1.807, 2.05) is 6.07 Å². The Balaban J connectivity index is 1.78. The quantitative estimate of drug-likeness (QED) is 0.650. The third kappa shape index (κ3) is 3.18. The number of pyridine rings is 1. The number of aliphatic hydroxyl groups excluding tert-OH is 1. The third-order valence-corrected chi connectivity index (χ3v) is 5.08. The minimum Gasteiger partial charge on any atom is -0.507 e. The molecule has 134 valence electrons. The summed E-state index contributed by atoms with van der Waals surface area (Å²) in [4.78, 5) is 4.20. The van der Waals surface area contributed by atoms with E-state index < -0.39 is 6.10 Å². The van der Waals surface area contributed by atoms with Crippen LogP contribution in [0.3, 0.4) is 0 Å². The molecular weight excluding hydrogens is 352 g/mol. The monoisotopic (exact) mass is 370 g/mol. The lowest BCUT2D eigenvalue weighted by Crippen LogP contribution is -2.36. The maximum absolute atomic E-state index is 10.3. The van der Waals surface area contributed by atoms with Crippen molar-refractivity contribution in [3.8, 4) is 17.0 Å². The topological polar surface area (TPSA) is 91.2 Å². The number of anilines is 1. The Morgan fingerprint density at radius 2 is 1.92 bits per heavy atom. The van der Waals surface area contributed by atoms with Crippen LogP contribution in [-0.2, 0) is 0 Å². The third-order valence-electron chi connectivity index (χ3n) is 4.85. The van der Waals surface area contributed by atoms with Crippen LogP contribution in [0.25, 0.3) is 22.0 Å². The fraction of sp³-hybridized carbons (Fsp3) is 0.316. The van der Waals surface area contributed by atoms with Crippen molar-refractivity contribution in [2.24, 2.45) is 0 Å². The summed E-state index contributed by atoms with van der Waals surface area (Å²) in [5, 5.41) is 34.5. The zero-order valence-electron chi connectivity index (χ0n) is 14.1. The van der Waals surface area contributed by atoms with Gasteiger partial charge in [-0.3, -0.25) is 4.98 Å². The summed E-state index contributed by atoms with van der Waals surface area (Å²) < 4.78 is 0. The summed E-state index contributed by atoms with van der Waals surface area (Å²) in [6.07, 6.45) is 6.81. The molecule has 1 saturated carbocycles. The highest BCUT2D eigenvalue weighted by Crippen LogP contribution is 2.36. The molecule has 3 aromatic rings. The van der Waals surface area contributed by atoms with E-state index in [-0.39, 0.29) is 11.8 Å². The zero-order chi connectivity index (χ0) is 18.1. The molecule has 1 aliphatic rings. The van der Waals surface area contributed by atoms with Crippen LogP contribution in [0.15, 0.2) is 36.7 Å². The molecule has 0 radical (unpaired) electrons. The highest BCUT2D eigenvalue weighted by molar-refractivity contribution is 6.30. The van der Waals surface area contributed by atoms with Crippen molar-refractivity contribution < 1.29 is 10.2 Å². The van der Waals surface area contributed by atoms with E-state index in [4.69, 9.17) is 11.6 Å². The SMILES string of the molecule is Oc1cc(Cl)ccc1-c1nnc(N[C@@H]2CCCC[C@@H]2O)c2cnccc12. The van der Waals surface area contributed by atoms with Gasteiger partial charge in [0.1, 0.15) is 11.4 Å². The van der Waals surface area contributed by atoms with Gasteiger partial charge >= 0.3 is 0 Å². The average molecular weight is 371 g/mol. The second-order valence-corrected chi connectivity index (χ2v) is 7.02. The van der Waals surface area contributed by atoms with Crippen LogP contribution in [-0.4, -0.2) is 37.5 Å². The molecule has 0 aliphatic heterocycles. The second-order valence-electron chi connectivity index (χ2n) is 6.58. The van der Waals surface area contributed by atoms with Crippen molar-refractivity contribution in [2.75, 3.05) is 5.32 Å². The number of aliphatic hydroxyl groups is 1. The number of hydrogen-bond acceptors (Lipinski definition) is 6. The van der Waals surface area contributed by atoms with E-state index in [1.54, 1.807) is 24.5 Å². The highest BCUT2D eigenvalue weighted by Gasteiger charge is 2.24. The Bertz CT molecular complexity index is 950. The maximum atomic E-state index is 10.3. The highest BCUT2D eigenvalue weighted by atomic mass is 35.5. The molecule has 1 aliphatic carbocycles. The van der Waals surface area contributed by atoms with Gasteiger partial charge in [0.15, 0.2) is 5.82 Å². The predicted molar refractivity (Wildman–Crippen MR) is 101 cm³/mol. The maximum Gasteiger partial charge on any atom is 0.158 e. The molecule has 1 aromatic carbocycles. The van der Waals surface area contributed by atoms with Crippen LogP contribution in [0.4, 0.5) is 5.82 Å². The predicted octanol–water partition coefficient (Wildman–Crippen LogP) is 3.77. The van der Waals surface area contributed by atoms with Crippen LogP contribution in [0.5, 0.6) is 5.75 Å². The molecule has 7 heteroatoms. The number of benzene rings is 1. The molecule has 6 nitrogen and oxygen atoms in total. The van der Waals surface area contributed by atoms with Crippen molar-refractivity contribution in [2.45, 2.75) is 37.8 Å². The van der Waals surface area contributed by atoms with E-state index in [1.165, 1.54) is 6.07 Å². The van der Waals surface area contributed by atoms with Crippen LogP contribution < -0.4 is 5.32 Å². The standard InChI is InChI=1S/C19H19ClN4O2/c20-11-5-6-13(17(26)9-11)18-12-7-8-21-10-14(12)19(24-23-18)22-15-3-1-2-4-16(15)25/h5-10,15-16,25-26H,1-4H2,(H,22,24)/t15-,16+/m1/s1. The van der Waals surface area contributed by atoms with Gasteiger partial charge in [-0.15, -0.1) is 10.2 Å². The number of aromatic hydroxyl groups is 1. The molecule has 2 heterocycles. The Morgan fingerprint density at radius 1 is 1.08 bits per heavy atom. The number of hydrogen-bond donors (Lipinski definition) is 3. The van der Waals surface area contributed by atoms with Gasteiger partial charge in [-0.1, -0.05) is 24.4 Å². The molecule has 26 heavy (non-hydrogen) atoms. The normalized spacial score (nSPS) is 20.2. The van der Waals surface area contributed by atoms with Gasteiger partial charge in [-0.2, -0.15) is 0 Å². The number of nitrogens with zero attached hydrogens (tertiary/aromatic N) is 3. The van der Waals surface area contributed by atoms with Crippen LogP contribution >= 0.6 is 11.6 Å². The summed E-state index contributed by atoms with van der Waals surface area (Å²) in [5.41, 5.74) is 1.12. The molecule has 4 rings (SSSR count). The number of phenolic OH excluding ortho intramolecular Hbond substituents is 1. The Morgan fingerprint density at radius 3 is 2.73 bits per heavy atom. The van der Waals surface area contributed by atoms with Gasteiger partial charge < -0.3 is 15.5 Å². The number of halogens is 1. The molecule has 2 aromatic heterocycles. The second kappa shape index (κ2) is 7.05. The first kappa shape index (κ1) is 17.0. The van der Waals surface area contributed by atoms with Crippen molar-refractivity contribution in [1.82, 2.24) is 15.2 Å². The minimum absolute atomic E-state index is 0.0451. The number of rotatable bonds is 3. The lowest BCUT2D eigenvalue weighted by Gasteiger charge is -2.29. The van der Waals surface area contributed by atoms with Gasteiger partial charge in [-0.05, 0) is 37.1 Å². The fourth-order valence-electron chi connectivity index (χ4n) is 3.46. The minimum atomic E-state index is -0.391. The summed E-state index contributed by atoms with van der Waals surface area (Å²) in [6.45, 7) is 0. The molecule has 3 N–H and O–H groups in total. The number of aromatic nitrogens is 3. The van der Waals surface area contributed by atoms with Crippen LogP contribution in [0.1, 0.15) is 25.7 Å². The molecule has 0 bridgehead atoms. The van der Waals surface area contributed by atoms with Crippen LogP contribution in [0, 0.1) is 0 Å². The lowest BCUT2D eigenvalue weighted by molar-refractivity contribution is 0.116. The van der Waals surface area contributed by atoms with Gasteiger partial charge in [0.2, 0.25) is 0 Å². The number of nitrogens with one attached hydrogen (secondary N) is 1. The summed E-state index contributed by atoms with van der Waals surface area (Å²) in [7, 11) is 0. The van der Waals surface area contributed by atoms with Crippen molar-refractivity contribution in [3.63, 3.8) is 0 Å². The Hall–Kier alpha value is -2.44. The first-order valence-electron chi connectivity index (χ1n) is 8.67. The van der Waals surface area contributed by atoms with Gasteiger partial charge in [0.25, 0.3) is 0 Å². The van der Waals surface area contributed by atoms with Gasteiger partial charge in [-0.25, -0.2) is 0 Å². The zero-order valence-corrected chi connectivity index (χ0v) is 14.8. The van der Waals surface area contributed by atoms with E-state index >= 15 is 0 Å². The Kier molecular flexibility index (Phi) is 4.61. The fourth-order valence-corrected chi connectivity index (χ4v) is 3.63. The first-order valence-corrected chi connectivity index (χ1v) is 9.05. The van der Waals surface area contributed by atoms with E-state index in [0.29, 0.717) is 22.1 Å². The first-order chi connectivity index (χ1) is 12.6. The van der Waals surface area contributed by atoms with Gasteiger partial charge in [0.05, 0.1) is 12.1 Å². The molecular formula is C19H19ClN4O2.